The minimum absolute atomic E-state index is 0.0484. The third kappa shape index (κ3) is 2.40. The molecule has 3 rings (SSSR count). The van der Waals surface area contributed by atoms with E-state index in [-0.39, 0.29) is 5.84 Å². The zero-order chi connectivity index (χ0) is 14.1. The average Bonchev–Trinajstić information content (AvgIpc) is 2.82. The van der Waals surface area contributed by atoms with Gasteiger partial charge < -0.3 is 10.2 Å². The van der Waals surface area contributed by atoms with E-state index in [0.717, 1.165) is 21.6 Å². The Morgan fingerprint density at radius 1 is 1.25 bits per heavy atom. The van der Waals surface area contributed by atoms with Crippen LogP contribution in [0.3, 0.4) is 0 Å². The maximum absolute atomic E-state index is 7.66. The molecule has 4 nitrogen and oxygen atoms in total. The monoisotopic (exact) mass is 283 g/mol. The van der Waals surface area contributed by atoms with Crippen LogP contribution in [0, 0.1) is 12.3 Å². The molecule has 0 saturated carbocycles. The third-order valence-electron chi connectivity index (χ3n) is 2.90. The van der Waals surface area contributed by atoms with Gasteiger partial charge in [0.15, 0.2) is 5.58 Å². The molecule has 0 atom stereocenters. The van der Waals surface area contributed by atoms with Gasteiger partial charge in [0.1, 0.15) is 11.4 Å². The Balaban J connectivity index is 2.00. The Hall–Kier alpha value is -2.27. The van der Waals surface area contributed by atoms with Crippen LogP contribution in [0.1, 0.15) is 11.1 Å². The number of nitrogens with one attached hydrogen (secondary N) is 1. The fraction of sp³-hybridized carbons (Fsp3) is 0.0667. The first-order valence-corrected chi connectivity index (χ1v) is 6.93. The zero-order valence-electron chi connectivity index (χ0n) is 10.9. The molecule has 5 heteroatoms. The fourth-order valence-corrected chi connectivity index (χ4v) is 2.81. The van der Waals surface area contributed by atoms with Crippen molar-refractivity contribution in [2.45, 2.75) is 17.0 Å². The van der Waals surface area contributed by atoms with E-state index < -0.39 is 0 Å². The Morgan fingerprint density at radius 3 is 2.80 bits per heavy atom. The summed E-state index contributed by atoms with van der Waals surface area (Å²) < 4.78 is 5.68. The van der Waals surface area contributed by atoms with Crippen molar-refractivity contribution in [1.29, 1.82) is 5.41 Å². The summed E-state index contributed by atoms with van der Waals surface area (Å²) in [7, 11) is 0. The van der Waals surface area contributed by atoms with Crippen LogP contribution in [0.4, 0.5) is 0 Å². The minimum atomic E-state index is 0.0484. The number of nitrogen functional groups attached to an aromatic ring is 1. The second kappa shape index (κ2) is 5.02. The van der Waals surface area contributed by atoms with E-state index >= 15 is 0 Å². The molecule has 20 heavy (non-hydrogen) atoms. The van der Waals surface area contributed by atoms with Crippen molar-refractivity contribution in [3.05, 3.63) is 53.6 Å². The standard InChI is InChI=1S/C15H13N3OS/c1-9-6-7-13(10(8-9)14(16)17)20-15-18-11-4-2-3-5-12(11)19-15/h2-8H,1H3,(H3,16,17). The quantitative estimate of drug-likeness (QED) is 0.569. The second-order valence-corrected chi connectivity index (χ2v) is 5.46. The summed E-state index contributed by atoms with van der Waals surface area (Å²) in [5.74, 6) is 0.0484. The second-order valence-electron chi connectivity index (χ2n) is 4.46. The number of hydrogen-bond acceptors (Lipinski definition) is 4. The SMILES string of the molecule is Cc1ccc(Sc2nc3ccccc3o2)c(C(=N)N)c1. The van der Waals surface area contributed by atoms with Gasteiger partial charge in [-0.1, -0.05) is 23.8 Å². The lowest BCUT2D eigenvalue weighted by Gasteiger charge is -2.06. The number of aromatic nitrogens is 1. The van der Waals surface area contributed by atoms with Crippen molar-refractivity contribution < 1.29 is 4.42 Å². The van der Waals surface area contributed by atoms with Crippen LogP contribution in [0.15, 0.2) is 57.0 Å². The summed E-state index contributed by atoms with van der Waals surface area (Å²) in [6.45, 7) is 1.97. The molecule has 100 valence electrons. The number of oxazole rings is 1. The largest absolute Gasteiger partial charge is 0.431 e. The zero-order valence-corrected chi connectivity index (χ0v) is 11.7. The number of nitrogens with zero attached hydrogens (tertiary/aromatic N) is 1. The van der Waals surface area contributed by atoms with Gasteiger partial charge in [0.05, 0.1) is 0 Å². The first kappa shape index (κ1) is 12.7. The molecular weight excluding hydrogens is 270 g/mol. The van der Waals surface area contributed by atoms with E-state index in [9.17, 15) is 0 Å². The highest BCUT2D eigenvalue weighted by molar-refractivity contribution is 7.99. The molecule has 3 N–H and O–H groups in total. The molecule has 0 amide bonds. The van der Waals surface area contributed by atoms with Crippen LogP contribution in [-0.2, 0) is 0 Å². The molecule has 0 fully saturated rings. The van der Waals surface area contributed by atoms with Crippen LogP contribution in [0.5, 0.6) is 0 Å². The van der Waals surface area contributed by atoms with Crippen molar-refractivity contribution in [3.63, 3.8) is 0 Å². The topological polar surface area (TPSA) is 75.9 Å². The van der Waals surface area contributed by atoms with Gasteiger partial charge in [-0.05, 0) is 43.0 Å². The van der Waals surface area contributed by atoms with Crippen LogP contribution in [0.25, 0.3) is 11.1 Å². The predicted molar refractivity (Wildman–Crippen MR) is 80.3 cm³/mol. The Labute approximate surface area is 120 Å². The molecule has 0 saturated heterocycles. The van der Waals surface area contributed by atoms with Gasteiger partial charge in [0.25, 0.3) is 5.22 Å². The van der Waals surface area contributed by atoms with E-state index in [1.54, 1.807) is 0 Å². The Morgan fingerprint density at radius 2 is 2.05 bits per heavy atom. The first-order chi connectivity index (χ1) is 9.63. The van der Waals surface area contributed by atoms with Crippen molar-refractivity contribution >= 4 is 28.7 Å². The smallest absolute Gasteiger partial charge is 0.261 e. The number of benzene rings is 2. The molecule has 1 aromatic heterocycles. The molecule has 0 bridgehead atoms. The number of fused-ring (bicyclic) bond motifs is 1. The summed E-state index contributed by atoms with van der Waals surface area (Å²) in [5, 5.41) is 8.21. The summed E-state index contributed by atoms with van der Waals surface area (Å²) in [6, 6.07) is 13.4. The lowest BCUT2D eigenvalue weighted by atomic mass is 10.1. The minimum Gasteiger partial charge on any atom is -0.431 e. The van der Waals surface area contributed by atoms with Crippen LogP contribution in [0.2, 0.25) is 0 Å². The third-order valence-corrected chi connectivity index (χ3v) is 3.82. The van der Waals surface area contributed by atoms with Gasteiger partial charge in [-0.3, -0.25) is 5.41 Å². The number of hydrogen-bond donors (Lipinski definition) is 2. The van der Waals surface area contributed by atoms with Gasteiger partial charge in [0.2, 0.25) is 0 Å². The number of rotatable bonds is 3. The van der Waals surface area contributed by atoms with Gasteiger partial charge in [0, 0.05) is 10.5 Å². The van der Waals surface area contributed by atoms with Crippen LogP contribution >= 0.6 is 11.8 Å². The Bertz CT molecular complexity index is 762. The van der Waals surface area contributed by atoms with Gasteiger partial charge in [-0.15, -0.1) is 0 Å². The summed E-state index contributed by atoms with van der Waals surface area (Å²) in [5.41, 5.74) is 8.99. The van der Waals surface area contributed by atoms with Gasteiger partial charge in [-0.25, -0.2) is 4.98 Å². The number of aryl methyl sites for hydroxylation is 1. The van der Waals surface area contributed by atoms with Crippen LogP contribution in [-0.4, -0.2) is 10.8 Å². The molecule has 0 radical (unpaired) electrons. The van der Waals surface area contributed by atoms with Gasteiger partial charge >= 0.3 is 0 Å². The van der Waals surface area contributed by atoms with E-state index in [1.165, 1.54) is 11.8 Å². The molecule has 0 aliphatic carbocycles. The van der Waals surface area contributed by atoms with E-state index in [2.05, 4.69) is 4.98 Å². The van der Waals surface area contributed by atoms with Crippen molar-refractivity contribution in [2.75, 3.05) is 0 Å². The van der Waals surface area contributed by atoms with E-state index in [4.69, 9.17) is 15.6 Å². The molecule has 3 aromatic rings. The first-order valence-electron chi connectivity index (χ1n) is 6.12. The number of para-hydroxylation sites is 2. The molecule has 2 aromatic carbocycles. The normalized spacial score (nSPS) is 10.8. The van der Waals surface area contributed by atoms with E-state index in [1.807, 2.05) is 49.4 Å². The number of nitrogens with two attached hydrogens (primary N) is 1. The van der Waals surface area contributed by atoms with Crippen molar-refractivity contribution in [3.8, 4) is 0 Å². The average molecular weight is 283 g/mol. The molecular formula is C15H13N3OS. The summed E-state index contributed by atoms with van der Waals surface area (Å²) in [6.07, 6.45) is 0. The maximum Gasteiger partial charge on any atom is 0.261 e. The Kier molecular flexibility index (Phi) is 3.20. The lowest BCUT2D eigenvalue weighted by molar-refractivity contribution is 0.489. The van der Waals surface area contributed by atoms with E-state index in [0.29, 0.717) is 10.8 Å². The number of amidine groups is 1. The van der Waals surface area contributed by atoms with Crippen LogP contribution < -0.4 is 5.73 Å². The fourth-order valence-electron chi connectivity index (χ4n) is 1.93. The van der Waals surface area contributed by atoms with Crippen molar-refractivity contribution in [1.82, 2.24) is 4.98 Å². The molecule has 0 unspecified atom stereocenters. The highest BCUT2D eigenvalue weighted by Gasteiger charge is 2.12. The highest BCUT2D eigenvalue weighted by Crippen LogP contribution is 2.32. The summed E-state index contributed by atoms with van der Waals surface area (Å²) in [4.78, 5) is 5.29. The molecule has 0 aliphatic rings. The highest BCUT2D eigenvalue weighted by atomic mass is 32.2. The molecule has 0 aliphatic heterocycles. The molecule has 0 spiro atoms. The summed E-state index contributed by atoms with van der Waals surface area (Å²) >= 11 is 1.38. The predicted octanol–water partition coefficient (Wildman–Crippen LogP) is 3.57. The lowest BCUT2D eigenvalue weighted by Crippen LogP contribution is -2.12. The van der Waals surface area contributed by atoms with Crippen molar-refractivity contribution in [2.24, 2.45) is 5.73 Å². The maximum atomic E-state index is 7.66. The molecule has 1 heterocycles. The van der Waals surface area contributed by atoms with Gasteiger partial charge in [-0.2, -0.15) is 0 Å².